The molecule has 0 aliphatic heterocycles. The molecule has 0 atom stereocenters. The van der Waals surface area contributed by atoms with Crippen molar-refractivity contribution in [3.63, 3.8) is 0 Å². The first-order valence-electron chi connectivity index (χ1n) is 9.32. The molecule has 0 radical (unpaired) electrons. The lowest BCUT2D eigenvalue weighted by molar-refractivity contribution is -0.144. The van der Waals surface area contributed by atoms with Crippen molar-refractivity contribution in [3.05, 3.63) is 65.4 Å². The summed E-state index contributed by atoms with van der Waals surface area (Å²) in [5, 5.41) is 20.9. The smallest absolute Gasteiger partial charge is 0.288 e. The second-order valence-electron chi connectivity index (χ2n) is 6.82. The van der Waals surface area contributed by atoms with Gasteiger partial charge in [0, 0.05) is 17.7 Å². The van der Waals surface area contributed by atoms with E-state index in [9.17, 15) is 18.0 Å². The Balaban J connectivity index is 1.69. The molecule has 0 saturated carbocycles. The number of benzene rings is 2. The number of fused-ring (bicyclic) bond motifs is 1. The summed E-state index contributed by atoms with van der Waals surface area (Å²) in [5.41, 5.74) is 3.31. The Morgan fingerprint density at radius 2 is 1.84 bits per heavy atom. The molecule has 4 aromatic rings. The van der Waals surface area contributed by atoms with Crippen LogP contribution in [-0.2, 0) is 19.3 Å². The van der Waals surface area contributed by atoms with Crippen molar-refractivity contribution in [1.29, 1.82) is 0 Å². The van der Waals surface area contributed by atoms with Gasteiger partial charge < -0.3 is 0 Å². The Kier molecular flexibility index (Phi) is 5.19. The summed E-state index contributed by atoms with van der Waals surface area (Å²) in [7, 11) is 0. The van der Waals surface area contributed by atoms with Crippen LogP contribution in [0.15, 0.2) is 48.5 Å². The summed E-state index contributed by atoms with van der Waals surface area (Å²) in [4.78, 5) is 11.4. The maximum atomic E-state index is 13.6. The molecule has 2 N–H and O–H groups in total. The quantitative estimate of drug-likeness (QED) is 0.373. The number of hydroxylamine groups is 1. The highest BCUT2D eigenvalue weighted by molar-refractivity contribution is 5.93. The van der Waals surface area contributed by atoms with Gasteiger partial charge in [0.2, 0.25) is 0 Å². The van der Waals surface area contributed by atoms with Gasteiger partial charge in [-0.2, -0.15) is 18.3 Å². The van der Waals surface area contributed by atoms with Gasteiger partial charge in [0.25, 0.3) is 5.91 Å². The zero-order chi connectivity index (χ0) is 22.2. The second kappa shape index (κ2) is 7.84. The van der Waals surface area contributed by atoms with Crippen LogP contribution in [-0.4, -0.2) is 35.9 Å². The lowest BCUT2D eigenvalue weighted by Crippen LogP contribution is -2.18. The maximum Gasteiger partial charge on any atom is 0.433 e. The first-order chi connectivity index (χ1) is 14.8. The number of amides is 1. The van der Waals surface area contributed by atoms with Crippen molar-refractivity contribution in [2.45, 2.75) is 26.2 Å². The number of halogens is 3. The molecule has 0 fully saturated rings. The molecule has 2 aromatic carbocycles. The van der Waals surface area contributed by atoms with Gasteiger partial charge in [-0.05, 0) is 42.8 Å². The van der Waals surface area contributed by atoms with E-state index in [2.05, 4.69) is 15.4 Å². The van der Waals surface area contributed by atoms with Gasteiger partial charge in [-0.15, -0.1) is 5.10 Å². The Bertz CT molecular complexity index is 1240. The predicted octanol–water partition coefficient (Wildman–Crippen LogP) is 3.50. The molecule has 160 valence electrons. The van der Waals surface area contributed by atoms with E-state index in [0.29, 0.717) is 23.2 Å². The van der Waals surface area contributed by atoms with Gasteiger partial charge in [-0.3, -0.25) is 14.7 Å². The van der Waals surface area contributed by atoms with Gasteiger partial charge in [0.1, 0.15) is 11.2 Å². The Hall–Kier alpha value is -3.73. The number of hydrogen-bond donors (Lipinski definition) is 2. The monoisotopic (exact) mass is 430 g/mol. The van der Waals surface area contributed by atoms with Crippen LogP contribution in [0.1, 0.15) is 28.5 Å². The summed E-state index contributed by atoms with van der Waals surface area (Å²) in [5.74, 6) is -0.709. The molecule has 2 aromatic heterocycles. The van der Waals surface area contributed by atoms with E-state index in [0.717, 1.165) is 16.3 Å². The third kappa shape index (κ3) is 3.99. The van der Waals surface area contributed by atoms with Crippen molar-refractivity contribution in [3.8, 4) is 11.3 Å². The molecule has 0 aliphatic rings. The Labute approximate surface area is 173 Å². The topological polar surface area (TPSA) is 97.9 Å². The van der Waals surface area contributed by atoms with Crippen LogP contribution in [0.3, 0.4) is 0 Å². The average molecular weight is 430 g/mol. The van der Waals surface area contributed by atoms with E-state index in [1.807, 2.05) is 6.92 Å². The largest absolute Gasteiger partial charge is 0.433 e. The summed E-state index contributed by atoms with van der Waals surface area (Å²) >= 11 is 0. The Morgan fingerprint density at radius 3 is 2.48 bits per heavy atom. The molecule has 1 amide bonds. The minimum absolute atomic E-state index is 0.149. The van der Waals surface area contributed by atoms with Crippen LogP contribution in [0.2, 0.25) is 0 Å². The fraction of sp³-hybridized carbons (Fsp3) is 0.200. The first kappa shape index (κ1) is 20.5. The molecule has 8 nitrogen and oxygen atoms in total. The number of carbonyl (C=O) groups is 1. The highest BCUT2D eigenvalue weighted by Crippen LogP contribution is 2.33. The lowest BCUT2D eigenvalue weighted by Gasteiger charge is -2.10. The van der Waals surface area contributed by atoms with E-state index in [4.69, 9.17) is 5.21 Å². The molecule has 31 heavy (non-hydrogen) atoms. The van der Waals surface area contributed by atoms with E-state index < -0.39 is 17.8 Å². The summed E-state index contributed by atoms with van der Waals surface area (Å²) < 4.78 is 43.5. The van der Waals surface area contributed by atoms with Gasteiger partial charge in [0.15, 0.2) is 0 Å². The van der Waals surface area contributed by atoms with Crippen molar-refractivity contribution in [2.75, 3.05) is 0 Å². The van der Waals surface area contributed by atoms with E-state index in [1.54, 1.807) is 22.9 Å². The van der Waals surface area contributed by atoms with E-state index >= 15 is 0 Å². The molecule has 0 aliphatic carbocycles. The van der Waals surface area contributed by atoms with Crippen LogP contribution in [0.5, 0.6) is 0 Å². The highest BCUT2D eigenvalue weighted by atomic mass is 19.4. The molecule has 4 rings (SSSR count). The summed E-state index contributed by atoms with van der Waals surface area (Å²) in [6, 6.07) is 11.9. The molecule has 2 heterocycles. The number of nitrogens with one attached hydrogen (secondary N) is 1. The van der Waals surface area contributed by atoms with E-state index in [1.165, 1.54) is 29.7 Å². The molecule has 0 bridgehead atoms. The van der Waals surface area contributed by atoms with Crippen LogP contribution in [0.25, 0.3) is 22.3 Å². The zero-order valence-corrected chi connectivity index (χ0v) is 16.3. The standard InChI is InChI=1S/C20H17F3N6O2/c1-2-28-17-8-7-14(9-16(17)24-27-28)15-10-18(20(21,22)23)29(25-15)11-12-3-5-13(6-4-12)19(30)26-31/h3-10,31H,2,11H2,1H3,(H,26,30). The normalized spacial score (nSPS) is 11.8. The number of rotatable bonds is 5. The van der Waals surface area contributed by atoms with Gasteiger partial charge in [-0.25, -0.2) is 10.2 Å². The third-order valence-electron chi connectivity index (χ3n) is 4.83. The van der Waals surface area contributed by atoms with Crippen LogP contribution in [0.4, 0.5) is 13.2 Å². The molecular weight excluding hydrogens is 413 g/mol. The SMILES string of the molecule is CCn1nnc2cc(-c3cc(C(F)(F)F)n(Cc4ccc(C(=O)NO)cc4)n3)ccc21. The second-order valence-corrected chi connectivity index (χ2v) is 6.82. The predicted molar refractivity (Wildman–Crippen MR) is 104 cm³/mol. The number of nitrogens with zero attached hydrogens (tertiary/aromatic N) is 5. The molecule has 0 unspecified atom stereocenters. The number of alkyl halides is 3. The van der Waals surface area contributed by atoms with Crippen molar-refractivity contribution in [2.24, 2.45) is 0 Å². The van der Waals surface area contributed by atoms with Crippen molar-refractivity contribution >= 4 is 16.9 Å². The fourth-order valence-electron chi connectivity index (χ4n) is 3.27. The van der Waals surface area contributed by atoms with Gasteiger partial charge in [0.05, 0.1) is 17.8 Å². The van der Waals surface area contributed by atoms with Crippen LogP contribution in [0, 0.1) is 0 Å². The molecule has 0 spiro atoms. The third-order valence-corrected chi connectivity index (χ3v) is 4.83. The number of aryl methyl sites for hydroxylation is 1. The minimum atomic E-state index is -4.60. The average Bonchev–Trinajstić information content (AvgIpc) is 3.37. The number of aromatic nitrogens is 5. The lowest BCUT2D eigenvalue weighted by atomic mass is 10.1. The summed E-state index contributed by atoms with van der Waals surface area (Å²) in [6.45, 7) is 2.40. The van der Waals surface area contributed by atoms with Gasteiger partial charge in [-0.1, -0.05) is 23.4 Å². The highest BCUT2D eigenvalue weighted by Gasteiger charge is 2.36. The maximum absolute atomic E-state index is 13.6. The number of hydrogen-bond acceptors (Lipinski definition) is 5. The van der Waals surface area contributed by atoms with Crippen molar-refractivity contribution < 1.29 is 23.2 Å². The fourth-order valence-corrected chi connectivity index (χ4v) is 3.27. The Morgan fingerprint density at radius 1 is 1.10 bits per heavy atom. The van der Waals surface area contributed by atoms with Crippen molar-refractivity contribution in [1.82, 2.24) is 30.3 Å². The first-order valence-corrected chi connectivity index (χ1v) is 9.32. The van der Waals surface area contributed by atoms with Crippen LogP contribution < -0.4 is 5.48 Å². The van der Waals surface area contributed by atoms with Crippen LogP contribution >= 0.6 is 0 Å². The van der Waals surface area contributed by atoms with Gasteiger partial charge >= 0.3 is 6.18 Å². The van der Waals surface area contributed by atoms with E-state index in [-0.39, 0.29) is 17.8 Å². The molecular formula is C20H17F3N6O2. The molecule has 0 saturated heterocycles. The zero-order valence-electron chi connectivity index (χ0n) is 16.3. The minimum Gasteiger partial charge on any atom is -0.288 e. The number of carbonyl (C=O) groups excluding carboxylic acids is 1. The molecule has 11 heteroatoms. The summed E-state index contributed by atoms with van der Waals surface area (Å²) in [6.07, 6.45) is -4.60.